The molecule has 0 aromatic carbocycles. The quantitative estimate of drug-likeness (QED) is 0.770. The molecule has 0 N–H and O–H groups in total. The first-order valence-corrected chi connectivity index (χ1v) is 7.39. The van der Waals surface area contributed by atoms with Crippen LogP contribution in [-0.4, -0.2) is 49.7 Å². The highest BCUT2D eigenvalue weighted by Crippen LogP contribution is 2.23. The second-order valence-electron chi connectivity index (χ2n) is 5.19. The number of amides is 1. The Morgan fingerprint density at radius 3 is 2.87 bits per heavy atom. The van der Waals surface area contributed by atoms with Gasteiger partial charge in [0.2, 0.25) is 0 Å². The van der Waals surface area contributed by atoms with E-state index in [1.54, 1.807) is 18.9 Å². The predicted octanol–water partition coefficient (Wildman–Crippen LogP) is 0.585. The minimum Gasteiger partial charge on any atom is -0.461 e. The Balaban J connectivity index is 1.88. The van der Waals surface area contributed by atoms with Crippen molar-refractivity contribution in [3.8, 4) is 0 Å². The Labute approximate surface area is 133 Å². The van der Waals surface area contributed by atoms with E-state index in [0.29, 0.717) is 31.8 Å². The molecule has 120 valence electrons. The van der Waals surface area contributed by atoms with Gasteiger partial charge in [-0.3, -0.25) is 14.5 Å². The largest absolute Gasteiger partial charge is 0.461 e. The lowest BCUT2D eigenvalue weighted by Gasteiger charge is -2.26. The molecule has 2 aromatic heterocycles. The van der Waals surface area contributed by atoms with Crippen LogP contribution >= 0.6 is 0 Å². The Hall–Kier alpha value is -2.77. The summed E-state index contributed by atoms with van der Waals surface area (Å²) in [7, 11) is 1.71. The molecule has 0 saturated heterocycles. The first kappa shape index (κ1) is 15.1. The Morgan fingerprint density at radius 1 is 1.35 bits per heavy atom. The third-order valence-electron chi connectivity index (χ3n) is 3.73. The van der Waals surface area contributed by atoms with Crippen molar-refractivity contribution in [1.82, 2.24) is 24.6 Å². The average Bonchev–Trinajstić information content (AvgIpc) is 2.90. The van der Waals surface area contributed by atoms with E-state index >= 15 is 0 Å². The summed E-state index contributed by atoms with van der Waals surface area (Å²) in [5.41, 5.74) is 2.27. The van der Waals surface area contributed by atoms with Crippen molar-refractivity contribution in [3.63, 3.8) is 0 Å². The molecular weight excluding hydrogens is 298 g/mol. The summed E-state index contributed by atoms with van der Waals surface area (Å²) < 4.78 is 6.61. The highest BCUT2D eigenvalue weighted by atomic mass is 16.5. The van der Waals surface area contributed by atoms with E-state index in [0.717, 1.165) is 11.3 Å². The number of esters is 1. The van der Waals surface area contributed by atoms with Crippen LogP contribution in [0.15, 0.2) is 18.6 Å². The van der Waals surface area contributed by atoms with E-state index in [2.05, 4.69) is 15.1 Å². The molecule has 3 rings (SSSR count). The molecule has 23 heavy (non-hydrogen) atoms. The van der Waals surface area contributed by atoms with E-state index < -0.39 is 5.97 Å². The van der Waals surface area contributed by atoms with Crippen molar-refractivity contribution in [2.75, 3.05) is 13.2 Å². The van der Waals surface area contributed by atoms with Crippen molar-refractivity contribution in [3.05, 3.63) is 41.2 Å². The number of hydrogen-bond acceptors (Lipinski definition) is 6. The number of aromatic nitrogens is 4. The fourth-order valence-electron chi connectivity index (χ4n) is 2.70. The standard InChI is InChI=1S/C15H17N5O3/c1-3-23-15(22)13-10-9-20(7-4-11(10)18-19(13)2)14(21)12-8-16-5-6-17-12/h5-6,8H,3-4,7,9H2,1-2H3. The van der Waals surface area contributed by atoms with Gasteiger partial charge < -0.3 is 9.64 Å². The fraction of sp³-hybridized carbons (Fsp3) is 0.400. The summed E-state index contributed by atoms with van der Waals surface area (Å²) in [5.74, 6) is -0.625. The van der Waals surface area contributed by atoms with Crippen LogP contribution in [0.2, 0.25) is 0 Å². The van der Waals surface area contributed by atoms with Gasteiger partial charge in [-0.1, -0.05) is 0 Å². The number of nitrogens with zero attached hydrogens (tertiary/aromatic N) is 5. The van der Waals surface area contributed by atoms with Crippen LogP contribution in [0.3, 0.4) is 0 Å². The molecule has 1 aliphatic heterocycles. The molecule has 0 unspecified atom stereocenters. The van der Waals surface area contributed by atoms with Gasteiger partial charge in [0.25, 0.3) is 5.91 Å². The number of aryl methyl sites for hydroxylation is 1. The fourth-order valence-corrected chi connectivity index (χ4v) is 2.70. The van der Waals surface area contributed by atoms with Crippen LogP contribution in [0.1, 0.15) is 39.2 Å². The SMILES string of the molecule is CCOC(=O)c1c2c(nn1C)CCN(C(=O)c1cnccn1)C2. The van der Waals surface area contributed by atoms with Gasteiger partial charge in [-0.05, 0) is 6.92 Å². The molecule has 1 amide bonds. The number of rotatable bonds is 3. The minimum atomic E-state index is -0.419. The second kappa shape index (κ2) is 6.15. The molecule has 0 saturated carbocycles. The van der Waals surface area contributed by atoms with E-state index in [-0.39, 0.29) is 11.6 Å². The molecule has 0 atom stereocenters. The highest BCUT2D eigenvalue weighted by Gasteiger charge is 2.30. The van der Waals surface area contributed by atoms with Crippen LogP contribution in [0.5, 0.6) is 0 Å². The summed E-state index contributed by atoms with van der Waals surface area (Å²) in [4.78, 5) is 34.2. The van der Waals surface area contributed by atoms with Gasteiger partial charge in [-0.25, -0.2) is 9.78 Å². The second-order valence-corrected chi connectivity index (χ2v) is 5.19. The molecular formula is C15H17N5O3. The van der Waals surface area contributed by atoms with Crippen LogP contribution in [-0.2, 0) is 24.8 Å². The Bertz CT molecular complexity index is 741. The summed E-state index contributed by atoms with van der Waals surface area (Å²) >= 11 is 0. The van der Waals surface area contributed by atoms with Crippen LogP contribution in [0.4, 0.5) is 0 Å². The lowest BCUT2D eigenvalue weighted by Crippen LogP contribution is -2.36. The summed E-state index contributed by atoms with van der Waals surface area (Å²) in [6, 6.07) is 0. The van der Waals surface area contributed by atoms with Gasteiger partial charge in [0.1, 0.15) is 5.69 Å². The van der Waals surface area contributed by atoms with E-state index in [9.17, 15) is 9.59 Å². The number of fused-ring (bicyclic) bond motifs is 1. The number of carbonyl (C=O) groups is 2. The maximum Gasteiger partial charge on any atom is 0.356 e. The maximum atomic E-state index is 12.5. The van der Waals surface area contributed by atoms with Crippen molar-refractivity contribution >= 4 is 11.9 Å². The zero-order valence-corrected chi connectivity index (χ0v) is 13.0. The van der Waals surface area contributed by atoms with Gasteiger partial charge in [-0.15, -0.1) is 0 Å². The molecule has 8 heteroatoms. The number of ether oxygens (including phenoxy) is 1. The lowest BCUT2D eigenvalue weighted by molar-refractivity contribution is 0.0508. The van der Waals surface area contributed by atoms with Crippen LogP contribution < -0.4 is 0 Å². The zero-order valence-electron chi connectivity index (χ0n) is 13.0. The summed E-state index contributed by atoms with van der Waals surface area (Å²) in [6.07, 6.45) is 5.03. The topological polar surface area (TPSA) is 90.2 Å². The van der Waals surface area contributed by atoms with Gasteiger partial charge in [0.05, 0.1) is 25.0 Å². The van der Waals surface area contributed by atoms with Crippen LogP contribution in [0.25, 0.3) is 0 Å². The van der Waals surface area contributed by atoms with Crippen molar-refractivity contribution < 1.29 is 14.3 Å². The Kier molecular flexibility index (Phi) is 4.05. The summed E-state index contributed by atoms with van der Waals surface area (Å²) in [6.45, 7) is 2.89. The van der Waals surface area contributed by atoms with Gasteiger partial charge in [0, 0.05) is 38.0 Å². The lowest BCUT2D eigenvalue weighted by atomic mass is 10.0. The normalized spacial score (nSPS) is 13.6. The first-order valence-electron chi connectivity index (χ1n) is 7.39. The highest BCUT2D eigenvalue weighted by molar-refractivity contribution is 5.93. The van der Waals surface area contributed by atoms with E-state index in [1.807, 2.05) is 0 Å². The van der Waals surface area contributed by atoms with Crippen molar-refractivity contribution in [2.24, 2.45) is 7.05 Å². The molecule has 3 heterocycles. The molecule has 8 nitrogen and oxygen atoms in total. The maximum absolute atomic E-state index is 12.5. The van der Waals surface area contributed by atoms with Gasteiger partial charge >= 0.3 is 5.97 Å². The zero-order chi connectivity index (χ0) is 16.4. The van der Waals surface area contributed by atoms with Crippen LogP contribution in [0, 0.1) is 0 Å². The third kappa shape index (κ3) is 2.79. The molecule has 0 fully saturated rings. The molecule has 0 spiro atoms. The third-order valence-corrected chi connectivity index (χ3v) is 3.73. The Morgan fingerprint density at radius 2 is 2.17 bits per heavy atom. The molecule has 0 bridgehead atoms. The van der Waals surface area contributed by atoms with E-state index in [1.165, 1.54) is 23.3 Å². The smallest absolute Gasteiger partial charge is 0.356 e. The van der Waals surface area contributed by atoms with Gasteiger partial charge in [-0.2, -0.15) is 5.10 Å². The van der Waals surface area contributed by atoms with Crippen molar-refractivity contribution in [2.45, 2.75) is 19.9 Å². The molecule has 1 aliphatic rings. The van der Waals surface area contributed by atoms with Gasteiger partial charge in [0.15, 0.2) is 5.69 Å². The molecule has 0 radical (unpaired) electrons. The number of hydrogen-bond donors (Lipinski definition) is 0. The minimum absolute atomic E-state index is 0.206. The first-order chi connectivity index (χ1) is 11.1. The van der Waals surface area contributed by atoms with E-state index in [4.69, 9.17) is 4.74 Å². The predicted molar refractivity (Wildman–Crippen MR) is 79.6 cm³/mol. The van der Waals surface area contributed by atoms with Crippen molar-refractivity contribution in [1.29, 1.82) is 0 Å². The molecule has 0 aliphatic carbocycles. The summed E-state index contributed by atoms with van der Waals surface area (Å²) in [5, 5.41) is 4.37. The number of carbonyl (C=O) groups excluding carboxylic acids is 2. The monoisotopic (exact) mass is 315 g/mol. The average molecular weight is 315 g/mol. The molecule has 2 aromatic rings.